The van der Waals surface area contributed by atoms with Gasteiger partial charge in [-0.2, -0.15) is 5.10 Å². The minimum absolute atomic E-state index is 0.239. The molecule has 0 spiro atoms. The van der Waals surface area contributed by atoms with Crippen molar-refractivity contribution in [3.05, 3.63) is 105 Å². The summed E-state index contributed by atoms with van der Waals surface area (Å²) in [4.78, 5) is 29.7. The van der Waals surface area contributed by atoms with Crippen LogP contribution in [0.2, 0.25) is 0 Å². The van der Waals surface area contributed by atoms with E-state index in [1.165, 1.54) is 16.8 Å². The molecule has 0 radical (unpaired) electrons. The molecular weight excluding hydrogens is 520 g/mol. The molecule has 1 fully saturated rings. The first kappa shape index (κ1) is 26.7. The summed E-state index contributed by atoms with van der Waals surface area (Å²) in [5, 5.41) is 8.54. The minimum Gasteiger partial charge on any atom is -0.496 e. The van der Waals surface area contributed by atoms with Crippen molar-refractivity contribution in [1.29, 1.82) is 0 Å². The fourth-order valence-corrected chi connectivity index (χ4v) is 4.88. The van der Waals surface area contributed by atoms with Crippen molar-refractivity contribution < 1.29 is 18.7 Å². The molecular formula is C28H29FN5O4P. The Hall–Kier alpha value is -3.88. The molecule has 1 atom stereocenters. The number of nitrogens with zero attached hydrogens (tertiary/aromatic N) is 4. The fourth-order valence-electron chi connectivity index (χ4n) is 4.49. The second kappa shape index (κ2) is 11.1. The first-order chi connectivity index (χ1) is 18.8. The lowest BCUT2D eigenvalue weighted by Crippen LogP contribution is -2.45. The predicted molar refractivity (Wildman–Crippen MR) is 147 cm³/mol. The molecule has 4 aromatic rings. The molecule has 1 aliphatic heterocycles. The van der Waals surface area contributed by atoms with E-state index in [9.17, 15) is 14.0 Å². The molecule has 0 aliphatic carbocycles. The van der Waals surface area contributed by atoms with Gasteiger partial charge in [-0.25, -0.2) is 4.39 Å². The van der Waals surface area contributed by atoms with Crippen LogP contribution in [-0.2, 0) is 29.8 Å². The lowest BCUT2D eigenvalue weighted by molar-refractivity contribution is -0.0525. The SMILES string of the molecule is COc1ccnc(CNC(=O)c2cn(Cc3ccc(Cn4cc(F)ccc4=O)cc3)nc2C2(C)COC2)c1P. The van der Waals surface area contributed by atoms with Gasteiger partial charge in [0.05, 0.1) is 62.3 Å². The number of aromatic nitrogens is 4. The number of ether oxygens (including phenoxy) is 2. The fraction of sp³-hybridized carbons (Fsp3) is 0.286. The lowest BCUT2D eigenvalue weighted by atomic mass is 9.83. The molecule has 3 aromatic heterocycles. The summed E-state index contributed by atoms with van der Waals surface area (Å²) < 4.78 is 27.4. The number of amides is 1. The van der Waals surface area contributed by atoms with Crippen LogP contribution < -0.4 is 20.9 Å². The van der Waals surface area contributed by atoms with Crippen molar-refractivity contribution in [1.82, 2.24) is 24.6 Å². The maximum atomic E-state index is 13.5. The first-order valence-electron chi connectivity index (χ1n) is 12.4. The van der Waals surface area contributed by atoms with Gasteiger partial charge in [-0.1, -0.05) is 33.5 Å². The molecule has 1 N–H and O–H groups in total. The van der Waals surface area contributed by atoms with E-state index >= 15 is 0 Å². The molecule has 1 unspecified atom stereocenters. The highest BCUT2D eigenvalue weighted by atomic mass is 31.0. The van der Waals surface area contributed by atoms with Crippen molar-refractivity contribution in [3.63, 3.8) is 0 Å². The van der Waals surface area contributed by atoms with Gasteiger partial charge in [0, 0.05) is 30.0 Å². The number of halogens is 1. The van der Waals surface area contributed by atoms with Gasteiger partial charge >= 0.3 is 0 Å². The van der Waals surface area contributed by atoms with E-state index in [4.69, 9.17) is 14.6 Å². The van der Waals surface area contributed by atoms with Crippen LogP contribution in [0.25, 0.3) is 0 Å². The maximum absolute atomic E-state index is 13.5. The Kier molecular flexibility index (Phi) is 7.59. The molecule has 0 bridgehead atoms. The molecule has 0 saturated carbocycles. The zero-order chi connectivity index (χ0) is 27.6. The van der Waals surface area contributed by atoms with Crippen molar-refractivity contribution in [2.75, 3.05) is 20.3 Å². The number of benzene rings is 1. The summed E-state index contributed by atoms with van der Waals surface area (Å²) in [5.74, 6) is -0.0185. The summed E-state index contributed by atoms with van der Waals surface area (Å²) in [6.45, 7) is 3.98. The highest BCUT2D eigenvalue weighted by molar-refractivity contribution is 7.28. The molecule has 39 heavy (non-hydrogen) atoms. The quantitative estimate of drug-likeness (QED) is 0.322. The largest absolute Gasteiger partial charge is 0.496 e. The third-order valence-electron chi connectivity index (χ3n) is 6.76. The van der Waals surface area contributed by atoms with E-state index in [1.807, 2.05) is 31.2 Å². The Balaban J connectivity index is 1.32. The zero-order valence-corrected chi connectivity index (χ0v) is 22.8. The normalized spacial score (nSPS) is 14.1. The van der Waals surface area contributed by atoms with E-state index in [2.05, 4.69) is 19.5 Å². The molecule has 202 valence electrons. The molecule has 1 saturated heterocycles. The molecule has 1 amide bonds. The number of carbonyl (C=O) groups is 1. The molecule has 1 aromatic carbocycles. The van der Waals surface area contributed by atoms with Gasteiger partial charge in [0.15, 0.2) is 0 Å². The standard InChI is InChI=1S/C28H29FN5O4P/c1-28(16-38-17-28)26-21(27(36)31-11-22-25(39)23(37-2)9-10-30-22)15-34(32-26)13-19-5-3-18(4-6-19)12-33-14-20(29)7-8-24(33)35/h3-10,14-15H,11-13,16-17,39H2,1-2H3,(H,31,36). The van der Waals surface area contributed by atoms with Gasteiger partial charge in [0.2, 0.25) is 0 Å². The number of nitrogens with one attached hydrogen (secondary N) is 1. The first-order valence-corrected chi connectivity index (χ1v) is 13.0. The van der Waals surface area contributed by atoms with Crippen LogP contribution in [0.4, 0.5) is 4.39 Å². The van der Waals surface area contributed by atoms with Gasteiger partial charge in [-0.3, -0.25) is 19.3 Å². The van der Waals surface area contributed by atoms with E-state index in [0.717, 1.165) is 22.5 Å². The topological polar surface area (TPSA) is 100 Å². The maximum Gasteiger partial charge on any atom is 0.255 e. The van der Waals surface area contributed by atoms with Crippen LogP contribution in [0.1, 0.15) is 39.8 Å². The van der Waals surface area contributed by atoms with Crippen molar-refractivity contribution in [2.24, 2.45) is 0 Å². The van der Waals surface area contributed by atoms with Crippen LogP contribution in [0, 0.1) is 5.82 Å². The van der Waals surface area contributed by atoms with Crippen LogP contribution in [0.15, 0.2) is 65.8 Å². The Morgan fingerprint density at radius 1 is 1.13 bits per heavy atom. The number of hydrogen-bond donors (Lipinski definition) is 1. The average molecular weight is 550 g/mol. The van der Waals surface area contributed by atoms with Crippen molar-refractivity contribution in [2.45, 2.75) is 32.0 Å². The van der Waals surface area contributed by atoms with E-state index < -0.39 is 5.82 Å². The molecule has 1 aliphatic rings. The summed E-state index contributed by atoms with van der Waals surface area (Å²) in [5.41, 5.74) is 3.11. The Bertz CT molecular complexity index is 1560. The Labute approximate surface area is 227 Å². The summed E-state index contributed by atoms with van der Waals surface area (Å²) in [6.07, 6.45) is 4.60. The zero-order valence-electron chi connectivity index (χ0n) is 21.7. The smallest absolute Gasteiger partial charge is 0.255 e. The summed E-state index contributed by atoms with van der Waals surface area (Å²) >= 11 is 0. The molecule has 9 nitrogen and oxygen atoms in total. The van der Waals surface area contributed by atoms with Crippen LogP contribution in [-0.4, -0.2) is 45.6 Å². The third kappa shape index (κ3) is 5.77. The van der Waals surface area contributed by atoms with E-state index in [0.29, 0.717) is 42.5 Å². The summed E-state index contributed by atoms with van der Waals surface area (Å²) in [6, 6.07) is 11.8. The number of pyridine rings is 2. The monoisotopic (exact) mass is 549 g/mol. The van der Waals surface area contributed by atoms with Crippen molar-refractivity contribution in [3.8, 4) is 5.75 Å². The molecule has 4 heterocycles. The van der Waals surface area contributed by atoms with Crippen LogP contribution in [0.5, 0.6) is 5.75 Å². The van der Waals surface area contributed by atoms with E-state index in [-0.39, 0.29) is 30.0 Å². The van der Waals surface area contributed by atoms with Gasteiger partial charge in [0.1, 0.15) is 11.6 Å². The van der Waals surface area contributed by atoms with Gasteiger partial charge in [-0.05, 0) is 30.2 Å². The predicted octanol–water partition coefficient (Wildman–Crippen LogP) is 2.40. The van der Waals surface area contributed by atoms with E-state index in [1.54, 1.807) is 30.3 Å². The van der Waals surface area contributed by atoms with Gasteiger partial charge in [-0.15, -0.1) is 0 Å². The van der Waals surface area contributed by atoms with Gasteiger partial charge < -0.3 is 19.4 Å². The Morgan fingerprint density at radius 2 is 1.85 bits per heavy atom. The Morgan fingerprint density at radius 3 is 2.51 bits per heavy atom. The van der Waals surface area contributed by atoms with Crippen LogP contribution in [0.3, 0.4) is 0 Å². The number of carbonyl (C=O) groups excluding carboxylic acids is 1. The second-order valence-corrected chi connectivity index (χ2v) is 10.4. The highest BCUT2D eigenvalue weighted by Gasteiger charge is 2.41. The number of hydrogen-bond acceptors (Lipinski definition) is 6. The van der Waals surface area contributed by atoms with Crippen LogP contribution >= 0.6 is 9.24 Å². The minimum atomic E-state index is -0.458. The average Bonchev–Trinajstić information content (AvgIpc) is 3.34. The number of rotatable bonds is 9. The summed E-state index contributed by atoms with van der Waals surface area (Å²) in [7, 11) is 4.20. The number of methoxy groups -OCH3 is 1. The van der Waals surface area contributed by atoms with Gasteiger partial charge in [0.25, 0.3) is 11.5 Å². The lowest BCUT2D eigenvalue weighted by Gasteiger charge is -2.37. The van der Waals surface area contributed by atoms with Crippen molar-refractivity contribution >= 4 is 20.5 Å². The highest BCUT2D eigenvalue weighted by Crippen LogP contribution is 2.33. The molecule has 5 rings (SSSR count). The molecule has 11 heteroatoms. The third-order valence-corrected chi connectivity index (χ3v) is 7.37. The second-order valence-electron chi connectivity index (χ2n) is 9.83.